The third-order valence-corrected chi connectivity index (χ3v) is 0.887. The van der Waals surface area contributed by atoms with Crippen molar-refractivity contribution >= 4 is 5.69 Å². The molecule has 2 nitrogen and oxygen atoms in total. The van der Waals surface area contributed by atoms with Crippen LogP contribution in [-0.2, 0) is 0 Å². The summed E-state index contributed by atoms with van der Waals surface area (Å²) in [4.78, 5) is 7.76. The highest BCUT2D eigenvalue weighted by atomic mass is 14.7. The van der Waals surface area contributed by atoms with Crippen LogP contribution < -0.4 is 0 Å². The van der Waals surface area contributed by atoms with Gasteiger partial charge in [-0.05, 0) is 10.9 Å². The van der Waals surface area contributed by atoms with E-state index in [0.717, 1.165) is 5.69 Å². The van der Waals surface area contributed by atoms with Crippen LogP contribution in [0, 0.1) is 6.07 Å². The third kappa shape index (κ3) is 1.54. The van der Waals surface area contributed by atoms with Gasteiger partial charge in [-0.1, -0.05) is 0 Å². The van der Waals surface area contributed by atoms with E-state index in [9.17, 15) is 0 Å². The fourth-order valence-electron chi connectivity index (χ4n) is 0.549. The molecule has 0 aliphatic rings. The van der Waals surface area contributed by atoms with Crippen molar-refractivity contribution in [3.8, 4) is 6.07 Å². The average Bonchev–Trinajstić information content (AvgIpc) is 1.91. The molecule has 0 atom stereocenters. The number of pyridine rings is 1. The second-order valence-corrected chi connectivity index (χ2v) is 1.55. The fourth-order valence-corrected chi connectivity index (χ4v) is 0.549. The minimum atomic E-state index is 0.847. The van der Waals surface area contributed by atoms with E-state index >= 15 is 0 Å². The summed E-state index contributed by atoms with van der Waals surface area (Å²) < 4.78 is 0. The predicted octanol–water partition coefficient (Wildman–Crippen LogP) is 2.07. The molecule has 0 spiro atoms. The van der Waals surface area contributed by atoms with Crippen molar-refractivity contribution in [2.45, 2.75) is 6.92 Å². The molecule has 0 bridgehead atoms. The van der Waals surface area contributed by atoms with Crippen LogP contribution in [0.5, 0.6) is 0 Å². The first-order valence-electron chi connectivity index (χ1n) is 2.71. The SMILES string of the molecule is CC#[N+]c1cccnc1. The van der Waals surface area contributed by atoms with Gasteiger partial charge in [0.05, 0.1) is 6.92 Å². The van der Waals surface area contributed by atoms with E-state index in [0.29, 0.717) is 0 Å². The quantitative estimate of drug-likeness (QED) is 0.511. The van der Waals surface area contributed by atoms with Gasteiger partial charge in [0, 0.05) is 12.3 Å². The van der Waals surface area contributed by atoms with Gasteiger partial charge in [0.1, 0.15) is 6.20 Å². The summed E-state index contributed by atoms with van der Waals surface area (Å²) in [6, 6.07) is 6.39. The Labute approximate surface area is 54.0 Å². The Morgan fingerprint density at radius 3 is 3.11 bits per heavy atom. The van der Waals surface area contributed by atoms with Gasteiger partial charge in [-0.2, -0.15) is 0 Å². The Hall–Kier alpha value is -1.36. The normalized spacial score (nSPS) is 7.67. The molecule has 9 heavy (non-hydrogen) atoms. The van der Waals surface area contributed by atoms with Gasteiger partial charge < -0.3 is 0 Å². The molecular formula is C7H7N2+. The van der Waals surface area contributed by atoms with Crippen molar-refractivity contribution in [2.24, 2.45) is 0 Å². The number of rotatable bonds is 0. The predicted molar refractivity (Wildman–Crippen MR) is 36.8 cm³/mol. The maximum atomic E-state index is 3.89. The van der Waals surface area contributed by atoms with E-state index < -0.39 is 0 Å². The summed E-state index contributed by atoms with van der Waals surface area (Å²) in [5.41, 5.74) is 0.847. The second kappa shape index (κ2) is 2.83. The van der Waals surface area contributed by atoms with Crippen molar-refractivity contribution in [3.63, 3.8) is 0 Å². The molecule has 0 fully saturated rings. The Kier molecular flexibility index (Phi) is 1.81. The summed E-state index contributed by atoms with van der Waals surface area (Å²) in [6.07, 6.45) is 3.41. The highest BCUT2D eigenvalue weighted by Gasteiger charge is 1.94. The van der Waals surface area contributed by atoms with Crippen molar-refractivity contribution in [3.05, 3.63) is 29.4 Å². The van der Waals surface area contributed by atoms with Gasteiger partial charge in [-0.3, -0.25) is 4.98 Å². The van der Waals surface area contributed by atoms with Gasteiger partial charge in [0.25, 0.3) is 6.07 Å². The summed E-state index contributed by atoms with van der Waals surface area (Å²) in [6.45, 7) is 1.76. The first kappa shape index (κ1) is 5.77. The molecule has 2 heteroatoms. The van der Waals surface area contributed by atoms with Crippen LogP contribution in [0.1, 0.15) is 6.92 Å². The molecule has 44 valence electrons. The number of aromatic nitrogens is 1. The maximum Gasteiger partial charge on any atom is 0.358 e. The smallest absolute Gasteiger partial charge is 0.256 e. The van der Waals surface area contributed by atoms with Crippen molar-refractivity contribution in [1.29, 1.82) is 0 Å². The maximum absolute atomic E-state index is 3.89. The molecule has 0 saturated carbocycles. The lowest BCUT2D eigenvalue weighted by molar-refractivity contribution is 1.34. The third-order valence-electron chi connectivity index (χ3n) is 0.887. The van der Waals surface area contributed by atoms with Crippen LogP contribution in [-0.4, -0.2) is 4.98 Å². The number of nitrogens with zero attached hydrogens (tertiary/aromatic N) is 2. The Morgan fingerprint density at radius 2 is 2.56 bits per heavy atom. The molecule has 1 heterocycles. The Morgan fingerprint density at radius 1 is 1.67 bits per heavy atom. The van der Waals surface area contributed by atoms with Crippen LogP contribution in [0.4, 0.5) is 5.69 Å². The zero-order valence-corrected chi connectivity index (χ0v) is 5.20. The summed E-state index contributed by atoms with van der Waals surface area (Å²) in [7, 11) is 0. The van der Waals surface area contributed by atoms with E-state index in [4.69, 9.17) is 0 Å². The Balaban J connectivity index is 2.94. The number of hydrogen-bond acceptors (Lipinski definition) is 1. The molecule has 0 saturated heterocycles. The van der Waals surface area contributed by atoms with Crippen molar-refractivity contribution in [1.82, 2.24) is 4.98 Å². The molecule has 0 aromatic carbocycles. The summed E-state index contributed by atoms with van der Waals surface area (Å²) in [5, 5.41) is 0. The second-order valence-electron chi connectivity index (χ2n) is 1.55. The standard InChI is InChI=1S/C7H7N2/c1-2-9-7-4-3-5-8-6-7/h3-6H,1H3/q+1. The minimum Gasteiger partial charge on any atom is -0.256 e. The fraction of sp³-hybridized carbons (Fsp3) is 0.143. The van der Waals surface area contributed by atoms with E-state index in [1.807, 2.05) is 12.1 Å². The molecule has 0 amide bonds. The molecule has 1 aromatic heterocycles. The van der Waals surface area contributed by atoms with Gasteiger partial charge in [0.2, 0.25) is 0 Å². The molecule has 0 aliphatic heterocycles. The van der Waals surface area contributed by atoms with Crippen LogP contribution in [0.15, 0.2) is 24.5 Å². The van der Waals surface area contributed by atoms with Gasteiger partial charge >= 0.3 is 5.69 Å². The first-order chi connectivity index (χ1) is 4.43. The van der Waals surface area contributed by atoms with E-state index in [2.05, 4.69) is 15.9 Å². The van der Waals surface area contributed by atoms with E-state index in [1.54, 1.807) is 19.3 Å². The van der Waals surface area contributed by atoms with Crippen LogP contribution in [0.25, 0.3) is 4.85 Å². The highest BCUT2D eigenvalue weighted by molar-refractivity contribution is 5.42. The van der Waals surface area contributed by atoms with E-state index in [-0.39, 0.29) is 0 Å². The minimum absolute atomic E-state index is 0.847. The molecule has 0 N–H and O–H groups in total. The van der Waals surface area contributed by atoms with Gasteiger partial charge in [-0.15, -0.1) is 0 Å². The molecule has 0 unspecified atom stereocenters. The molecule has 0 radical (unpaired) electrons. The largest absolute Gasteiger partial charge is 0.358 e. The van der Waals surface area contributed by atoms with Crippen molar-refractivity contribution < 1.29 is 0 Å². The highest BCUT2D eigenvalue weighted by Crippen LogP contribution is 2.06. The van der Waals surface area contributed by atoms with Crippen LogP contribution in [0.2, 0.25) is 0 Å². The first-order valence-corrected chi connectivity index (χ1v) is 2.71. The molecular weight excluding hydrogens is 112 g/mol. The Bertz CT molecular complexity index is 230. The topological polar surface area (TPSA) is 17.2 Å². The van der Waals surface area contributed by atoms with Crippen molar-refractivity contribution in [2.75, 3.05) is 0 Å². The molecule has 1 aromatic rings. The summed E-state index contributed by atoms with van der Waals surface area (Å²) >= 11 is 0. The average molecular weight is 119 g/mol. The van der Waals surface area contributed by atoms with Gasteiger partial charge in [0.15, 0.2) is 0 Å². The lowest BCUT2D eigenvalue weighted by Gasteiger charge is -1.72. The lowest BCUT2D eigenvalue weighted by Crippen LogP contribution is -1.63. The monoisotopic (exact) mass is 119 g/mol. The van der Waals surface area contributed by atoms with Gasteiger partial charge in [-0.25, -0.2) is 0 Å². The lowest BCUT2D eigenvalue weighted by atomic mass is 10.4. The van der Waals surface area contributed by atoms with Crippen LogP contribution >= 0.6 is 0 Å². The molecule has 0 aliphatic carbocycles. The van der Waals surface area contributed by atoms with E-state index in [1.165, 1.54) is 0 Å². The van der Waals surface area contributed by atoms with Crippen LogP contribution in [0.3, 0.4) is 0 Å². The zero-order chi connectivity index (χ0) is 6.53. The molecule has 1 rings (SSSR count). The zero-order valence-electron chi connectivity index (χ0n) is 5.20. The summed E-state index contributed by atoms with van der Waals surface area (Å²) in [5.74, 6) is 0. The number of hydrogen-bond donors (Lipinski definition) is 0.